The van der Waals surface area contributed by atoms with Gasteiger partial charge in [-0.05, 0) is 6.42 Å². The molecule has 1 heterocycles. The van der Waals surface area contributed by atoms with Crippen LogP contribution >= 0.6 is 10.7 Å². The predicted octanol–water partition coefficient (Wildman–Crippen LogP) is 0.322. The molecule has 1 aromatic rings. The van der Waals surface area contributed by atoms with Gasteiger partial charge >= 0.3 is 0 Å². The monoisotopic (exact) mass is 253 g/mol. The van der Waals surface area contributed by atoms with Gasteiger partial charge in [-0.25, -0.2) is 8.42 Å². The molecule has 0 unspecified atom stereocenters. The van der Waals surface area contributed by atoms with Crippen molar-refractivity contribution in [2.75, 3.05) is 13.7 Å². The van der Waals surface area contributed by atoms with E-state index in [4.69, 9.17) is 15.4 Å². The minimum absolute atomic E-state index is 0.225. The third kappa shape index (κ3) is 3.15. The number of hydrogen-bond acceptors (Lipinski definition) is 5. The minimum Gasteiger partial charge on any atom is -0.385 e. The Bertz CT molecular complexity index is 429. The summed E-state index contributed by atoms with van der Waals surface area (Å²) in [7, 11) is 4.52. The number of hydrogen-bond donors (Lipinski definition) is 0. The second-order valence-electron chi connectivity index (χ2n) is 2.99. The normalized spacial score (nSPS) is 11.9. The average molecular weight is 254 g/mol. The third-order valence-electron chi connectivity index (χ3n) is 1.89. The predicted molar refractivity (Wildman–Crippen MR) is 54.2 cm³/mol. The average Bonchev–Trinajstić information content (AvgIpc) is 2.47. The van der Waals surface area contributed by atoms with Gasteiger partial charge in [0.15, 0.2) is 0 Å². The molecule has 0 fully saturated rings. The van der Waals surface area contributed by atoms with Crippen LogP contribution in [0.5, 0.6) is 0 Å². The number of halogens is 1. The third-order valence-corrected chi connectivity index (χ3v) is 3.10. The van der Waals surface area contributed by atoms with Crippen molar-refractivity contribution >= 4 is 19.7 Å². The topological polar surface area (TPSA) is 74.1 Å². The summed E-state index contributed by atoms with van der Waals surface area (Å²) in [5, 5.41) is 7.04. The Labute approximate surface area is 92.6 Å². The largest absolute Gasteiger partial charge is 0.385 e. The van der Waals surface area contributed by atoms with Gasteiger partial charge in [0, 0.05) is 37.9 Å². The van der Waals surface area contributed by atoms with E-state index in [-0.39, 0.29) is 5.16 Å². The van der Waals surface area contributed by atoms with Gasteiger partial charge in [0.25, 0.3) is 14.2 Å². The maximum absolute atomic E-state index is 11.0. The van der Waals surface area contributed by atoms with Crippen LogP contribution in [0.2, 0.25) is 0 Å². The van der Waals surface area contributed by atoms with Gasteiger partial charge < -0.3 is 9.30 Å². The lowest BCUT2D eigenvalue weighted by Gasteiger charge is -2.01. The molecule has 1 aromatic heterocycles. The van der Waals surface area contributed by atoms with Crippen LogP contribution in [0.1, 0.15) is 12.2 Å². The number of aromatic nitrogens is 3. The molecule has 6 nitrogen and oxygen atoms in total. The summed E-state index contributed by atoms with van der Waals surface area (Å²) in [4.78, 5) is 0. The molecule has 0 spiro atoms. The molecular formula is C7H12ClN3O3S. The molecule has 0 bridgehead atoms. The van der Waals surface area contributed by atoms with Crippen LogP contribution in [0.15, 0.2) is 5.16 Å². The van der Waals surface area contributed by atoms with Crippen molar-refractivity contribution in [1.29, 1.82) is 0 Å². The number of nitrogens with zero attached hydrogens (tertiary/aromatic N) is 3. The van der Waals surface area contributed by atoms with E-state index < -0.39 is 9.05 Å². The minimum atomic E-state index is -3.81. The highest BCUT2D eigenvalue weighted by Crippen LogP contribution is 2.12. The number of methoxy groups -OCH3 is 1. The second kappa shape index (κ2) is 4.91. The quantitative estimate of drug-likeness (QED) is 0.558. The zero-order valence-electron chi connectivity index (χ0n) is 8.47. The van der Waals surface area contributed by atoms with E-state index in [1.807, 2.05) is 0 Å². The Morgan fingerprint density at radius 2 is 2.13 bits per heavy atom. The first-order valence-corrected chi connectivity index (χ1v) is 6.59. The van der Waals surface area contributed by atoms with Crippen LogP contribution in [-0.2, 0) is 27.3 Å². The van der Waals surface area contributed by atoms with E-state index in [1.54, 1.807) is 14.2 Å². The molecular weight excluding hydrogens is 242 g/mol. The first kappa shape index (κ1) is 12.4. The number of rotatable bonds is 5. The zero-order valence-corrected chi connectivity index (χ0v) is 10.0. The summed E-state index contributed by atoms with van der Waals surface area (Å²) in [6.07, 6.45) is 1.36. The summed E-state index contributed by atoms with van der Waals surface area (Å²) in [6.45, 7) is 0.593. The van der Waals surface area contributed by atoms with Crippen LogP contribution in [0, 0.1) is 0 Å². The first-order chi connectivity index (χ1) is 6.96. The summed E-state index contributed by atoms with van der Waals surface area (Å²) < 4.78 is 28.3. The highest BCUT2D eigenvalue weighted by molar-refractivity contribution is 8.13. The fraction of sp³-hybridized carbons (Fsp3) is 0.714. The molecule has 0 radical (unpaired) electrons. The second-order valence-corrected chi connectivity index (χ2v) is 5.45. The van der Waals surface area contributed by atoms with Gasteiger partial charge in [-0.2, -0.15) is 0 Å². The van der Waals surface area contributed by atoms with Crippen LogP contribution in [0.25, 0.3) is 0 Å². The molecule has 0 saturated carbocycles. The van der Waals surface area contributed by atoms with E-state index in [1.165, 1.54) is 4.57 Å². The van der Waals surface area contributed by atoms with Crippen molar-refractivity contribution in [1.82, 2.24) is 14.8 Å². The van der Waals surface area contributed by atoms with Crippen LogP contribution in [0.3, 0.4) is 0 Å². The molecule has 86 valence electrons. The summed E-state index contributed by atoms with van der Waals surface area (Å²) in [5.41, 5.74) is 0. The highest BCUT2D eigenvalue weighted by atomic mass is 35.7. The smallest absolute Gasteiger partial charge is 0.296 e. The van der Waals surface area contributed by atoms with Crippen molar-refractivity contribution in [2.45, 2.75) is 18.0 Å². The lowest BCUT2D eigenvalue weighted by molar-refractivity contribution is 0.194. The van der Waals surface area contributed by atoms with Gasteiger partial charge in [0.05, 0.1) is 0 Å². The summed E-state index contributed by atoms with van der Waals surface area (Å²) in [5.74, 6) is 0.575. The number of ether oxygens (including phenoxy) is 1. The van der Waals surface area contributed by atoms with E-state index in [9.17, 15) is 8.42 Å². The lowest BCUT2D eigenvalue weighted by Crippen LogP contribution is -2.05. The zero-order chi connectivity index (χ0) is 11.5. The van der Waals surface area contributed by atoms with Crippen LogP contribution in [0.4, 0.5) is 0 Å². The van der Waals surface area contributed by atoms with Crippen LogP contribution < -0.4 is 0 Å². The van der Waals surface area contributed by atoms with Crippen molar-refractivity contribution < 1.29 is 13.2 Å². The number of aryl methyl sites for hydroxylation is 1. The maximum atomic E-state index is 11.0. The Balaban J connectivity index is 2.81. The Morgan fingerprint density at radius 3 is 2.60 bits per heavy atom. The van der Waals surface area contributed by atoms with Gasteiger partial charge in [0.2, 0.25) is 0 Å². The molecule has 0 saturated heterocycles. The summed E-state index contributed by atoms with van der Waals surface area (Å²) in [6, 6.07) is 0. The molecule has 0 aromatic carbocycles. The Morgan fingerprint density at radius 1 is 1.47 bits per heavy atom. The standard InChI is InChI=1S/C7H12ClN3O3S/c1-11-6(4-3-5-14-2)9-10-7(11)15(8,12)13/h3-5H2,1-2H3. The van der Waals surface area contributed by atoms with Crippen LogP contribution in [-0.4, -0.2) is 36.9 Å². The van der Waals surface area contributed by atoms with Gasteiger partial charge in [-0.15, -0.1) is 10.2 Å². The highest BCUT2D eigenvalue weighted by Gasteiger charge is 2.19. The molecule has 8 heteroatoms. The molecule has 15 heavy (non-hydrogen) atoms. The molecule has 0 aliphatic carbocycles. The SMILES string of the molecule is COCCCc1nnc(S(=O)(=O)Cl)n1C. The molecule has 0 atom stereocenters. The van der Waals surface area contributed by atoms with Crippen molar-refractivity contribution in [3.63, 3.8) is 0 Å². The van der Waals surface area contributed by atoms with E-state index in [0.29, 0.717) is 18.9 Å². The van der Waals surface area contributed by atoms with Crippen molar-refractivity contribution in [3.05, 3.63) is 5.82 Å². The lowest BCUT2D eigenvalue weighted by atomic mass is 10.3. The molecule has 0 amide bonds. The molecule has 0 aliphatic rings. The van der Waals surface area contributed by atoms with Gasteiger partial charge in [-0.3, -0.25) is 0 Å². The summed E-state index contributed by atoms with van der Waals surface area (Å²) >= 11 is 0. The Hall–Kier alpha value is -0.660. The maximum Gasteiger partial charge on any atom is 0.296 e. The fourth-order valence-corrected chi connectivity index (χ4v) is 2.12. The van der Waals surface area contributed by atoms with Gasteiger partial charge in [0.1, 0.15) is 5.82 Å². The fourth-order valence-electron chi connectivity index (χ4n) is 1.15. The molecule has 1 rings (SSSR count). The van der Waals surface area contributed by atoms with E-state index in [2.05, 4.69) is 10.2 Å². The Kier molecular flexibility index (Phi) is 4.06. The van der Waals surface area contributed by atoms with Crippen molar-refractivity contribution in [3.8, 4) is 0 Å². The van der Waals surface area contributed by atoms with Crippen molar-refractivity contribution in [2.24, 2.45) is 7.05 Å². The van der Waals surface area contributed by atoms with E-state index in [0.717, 1.165) is 6.42 Å². The molecule has 0 N–H and O–H groups in total. The first-order valence-electron chi connectivity index (χ1n) is 4.28. The van der Waals surface area contributed by atoms with Gasteiger partial charge in [-0.1, -0.05) is 0 Å². The van der Waals surface area contributed by atoms with E-state index >= 15 is 0 Å². The molecule has 0 aliphatic heterocycles.